The van der Waals surface area contributed by atoms with Crippen LogP contribution in [0.25, 0.3) is 10.1 Å². The van der Waals surface area contributed by atoms with Crippen LogP contribution in [-0.4, -0.2) is 11.4 Å². The highest BCUT2D eigenvalue weighted by atomic mass is 32.2. The Morgan fingerprint density at radius 3 is 3.00 bits per heavy atom. The van der Waals surface area contributed by atoms with Gasteiger partial charge in [-0.05, 0) is 34.7 Å². The van der Waals surface area contributed by atoms with Gasteiger partial charge in [0, 0.05) is 0 Å². The standard InChI is InChI=1S/C10H9FOS2/c1-13-10-8(11)4-6(5-12)7-2-3-14-9(7)10/h2-4,12H,5H2,1H3. The second kappa shape index (κ2) is 3.88. The number of thiophene rings is 1. The van der Waals surface area contributed by atoms with E-state index in [1.165, 1.54) is 29.2 Å². The number of hydrogen-bond donors (Lipinski definition) is 1. The molecule has 0 saturated carbocycles. The molecule has 74 valence electrons. The fourth-order valence-electron chi connectivity index (χ4n) is 1.46. The van der Waals surface area contributed by atoms with Crippen molar-refractivity contribution in [2.24, 2.45) is 0 Å². The number of aliphatic hydroxyl groups is 1. The highest BCUT2D eigenvalue weighted by Crippen LogP contribution is 2.35. The maximum atomic E-state index is 13.5. The highest BCUT2D eigenvalue weighted by Gasteiger charge is 2.11. The average Bonchev–Trinajstić information content (AvgIpc) is 2.65. The molecule has 0 aliphatic carbocycles. The number of rotatable bonds is 2. The molecule has 1 heterocycles. The van der Waals surface area contributed by atoms with Gasteiger partial charge in [0.2, 0.25) is 0 Å². The van der Waals surface area contributed by atoms with Crippen molar-refractivity contribution >= 4 is 33.2 Å². The molecule has 0 aliphatic heterocycles. The molecule has 0 amide bonds. The zero-order chi connectivity index (χ0) is 10.1. The van der Waals surface area contributed by atoms with Crippen molar-refractivity contribution in [1.82, 2.24) is 0 Å². The molecule has 4 heteroatoms. The molecule has 0 radical (unpaired) electrons. The summed E-state index contributed by atoms with van der Waals surface area (Å²) in [7, 11) is 0. The summed E-state index contributed by atoms with van der Waals surface area (Å²) in [6.45, 7) is -0.112. The number of aliphatic hydroxyl groups excluding tert-OH is 1. The molecule has 0 bridgehead atoms. The van der Waals surface area contributed by atoms with Crippen LogP contribution in [0.2, 0.25) is 0 Å². The Bertz CT molecular complexity index is 464. The third kappa shape index (κ3) is 1.43. The maximum Gasteiger partial charge on any atom is 0.138 e. The zero-order valence-corrected chi connectivity index (χ0v) is 9.21. The molecule has 1 nitrogen and oxygen atoms in total. The Labute approximate surface area is 89.6 Å². The van der Waals surface area contributed by atoms with Crippen LogP contribution in [0.5, 0.6) is 0 Å². The van der Waals surface area contributed by atoms with E-state index >= 15 is 0 Å². The van der Waals surface area contributed by atoms with Gasteiger partial charge in [-0.3, -0.25) is 0 Å². The molecule has 0 aliphatic rings. The number of hydrogen-bond acceptors (Lipinski definition) is 3. The van der Waals surface area contributed by atoms with Crippen molar-refractivity contribution in [3.63, 3.8) is 0 Å². The van der Waals surface area contributed by atoms with E-state index in [9.17, 15) is 4.39 Å². The molecule has 0 unspecified atom stereocenters. The topological polar surface area (TPSA) is 20.2 Å². The Morgan fingerprint density at radius 2 is 2.36 bits per heavy atom. The highest BCUT2D eigenvalue weighted by molar-refractivity contribution is 7.99. The van der Waals surface area contributed by atoms with E-state index in [1.807, 2.05) is 17.7 Å². The van der Waals surface area contributed by atoms with Crippen LogP contribution in [0.3, 0.4) is 0 Å². The molecule has 14 heavy (non-hydrogen) atoms. The van der Waals surface area contributed by atoms with E-state index < -0.39 is 0 Å². The first-order chi connectivity index (χ1) is 6.77. The van der Waals surface area contributed by atoms with Gasteiger partial charge in [-0.2, -0.15) is 0 Å². The summed E-state index contributed by atoms with van der Waals surface area (Å²) in [5.41, 5.74) is 0.663. The van der Waals surface area contributed by atoms with Gasteiger partial charge in [0.25, 0.3) is 0 Å². The smallest absolute Gasteiger partial charge is 0.138 e. The molecular weight excluding hydrogens is 219 g/mol. The van der Waals surface area contributed by atoms with E-state index in [0.29, 0.717) is 10.5 Å². The minimum absolute atomic E-state index is 0.112. The monoisotopic (exact) mass is 228 g/mol. The summed E-state index contributed by atoms with van der Waals surface area (Å²) in [5, 5.41) is 12.0. The lowest BCUT2D eigenvalue weighted by Gasteiger charge is -2.05. The number of benzene rings is 1. The second-order valence-corrected chi connectivity index (χ2v) is 4.60. The van der Waals surface area contributed by atoms with Gasteiger partial charge in [0.1, 0.15) is 5.82 Å². The second-order valence-electron chi connectivity index (χ2n) is 2.87. The largest absolute Gasteiger partial charge is 0.392 e. The molecular formula is C10H9FOS2. The van der Waals surface area contributed by atoms with Crippen LogP contribution in [-0.2, 0) is 6.61 Å². The van der Waals surface area contributed by atoms with Gasteiger partial charge >= 0.3 is 0 Å². The maximum absolute atomic E-state index is 13.5. The summed E-state index contributed by atoms with van der Waals surface area (Å²) in [6, 6.07) is 3.34. The van der Waals surface area contributed by atoms with Crippen molar-refractivity contribution in [3.8, 4) is 0 Å². The predicted molar refractivity (Wildman–Crippen MR) is 59.5 cm³/mol. The van der Waals surface area contributed by atoms with Crippen molar-refractivity contribution < 1.29 is 9.50 Å². The fourth-order valence-corrected chi connectivity index (χ4v) is 3.28. The number of halogens is 1. The summed E-state index contributed by atoms with van der Waals surface area (Å²) < 4.78 is 14.5. The van der Waals surface area contributed by atoms with E-state index in [2.05, 4.69) is 0 Å². The van der Waals surface area contributed by atoms with Gasteiger partial charge in [-0.1, -0.05) is 0 Å². The van der Waals surface area contributed by atoms with Crippen molar-refractivity contribution in [3.05, 3.63) is 28.9 Å². The summed E-state index contributed by atoms with van der Waals surface area (Å²) >= 11 is 2.91. The van der Waals surface area contributed by atoms with Crippen LogP contribution >= 0.6 is 23.1 Å². The quantitative estimate of drug-likeness (QED) is 0.796. The summed E-state index contributed by atoms with van der Waals surface area (Å²) in [5.74, 6) is -0.239. The normalized spacial score (nSPS) is 11.1. The van der Waals surface area contributed by atoms with Gasteiger partial charge in [-0.15, -0.1) is 23.1 Å². The molecule has 1 aromatic carbocycles. The van der Waals surface area contributed by atoms with E-state index in [1.54, 1.807) is 0 Å². The minimum atomic E-state index is -0.239. The minimum Gasteiger partial charge on any atom is -0.392 e. The SMILES string of the molecule is CSc1c(F)cc(CO)c2ccsc12. The predicted octanol–water partition coefficient (Wildman–Crippen LogP) is 3.25. The third-order valence-electron chi connectivity index (χ3n) is 2.11. The summed E-state index contributed by atoms with van der Waals surface area (Å²) in [4.78, 5) is 0.673. The lowest BCUT2D eigenvalue weighted by Crippen LogP contribution is -1.89. The van der Waals surface area contributed by atoms with Gasteiger partial charge in [0.05, 0.1) is 16.2 Å². The Hall–Kier alpha value is -0.580. The molecule has 1 aromatic heterocycles. The Kier molecular flexibility index (Phi) is 2.76. The first-order valence-electron chi connectivity index (χ1n) is 4.11. The van der Waals surface area contributed by atoms with Crippen molar-refractivity contribution in [1.29, 1.82) is 0 Å². The average molecular weight is 228 g/mol. The first-order valence-corrected chi connectivity index (χ1v) is 6.21. The fraction of sp³-hybridized carbons (Fsp3) is 0.200. The lowest BCUT2D eigenvalue weighted by atomic mass is 10.1. The van der Waals surface area contributed by atoms with Gasteiger partial charge < -0.3 is 5.11 Å². The van der Waals surface area contributed by atoms with Gasteiger partial charge in [-0.25, -0.2) is 4.39 Å². The van der Waals surface area contributed by atoms with Crippen LogP contribution in [0.1, 0.15) is 5.56 Å². The molecule has 2 aromatic rings. The van der Waals surface area contributed by atoms with Crippen molar-refractivity contribution in [2.75, 3.05) is 6.26 Å². The Balaban J connectivity index is 2.81. The van der Waals surface area contributed by atoms with Gasteiger partial charge in [0.15, 0.2) is 0 Å². The molecule has 0 fully saturated rings. The van der Waals surface area contributed by atoms with E-state index in [0.717, 1.165) is 10.1 Å². The summed E-state index contributed by atoms with van der Waals surface area (Å²) in [6.07, 6.45) is 1.86. The zero-order valence-electron chi connectivity index (χ0n) is 7.58. The lowest BCUT2D eigenvalue weighted by molar-refractivity contribution is 0.282. The molecule has 0 spiro atoms. The Morgan fingerprint density at radius 1 is 1.57 bits per heavy atom. The molecule has 0 saturated heterocycles. The van der Waals surface area contributed by atoms with E-state index in [4.69, 9.17) is 5.11 Å². The number of thioether (sulfide) groups is 1. The third-order valence-corrected chi connectivity index (χ3v) is 3.98. The van der Waals surface area contributed by atoms with Crippen molar-refractivity contribution in [2.45, 2.75) is 11.5 Å². The van der Waals surface area contributed by atoms with Crippen LogP contribution in [0.15, 0.2) is 22.4 Å². The van der Waals surface area contributed by atoms with Crippen LogP contribution < -0.4 is 0 Å². The molecule has 1 N–H and O–H groups in total. The number of fused-ring (bicyclic) bond motifs is 1. The molecule has 2 rings (SSSR count). The van der Waals surface area contributed by atoms with Crippen LogP contribution in [0, 0.1) is 5.82 Å². The van der Waals surface area contributed by atoms with E-state index in [-0.39, 0.29) is 12.4 Å². The first kappa shape index (κ1) is 9.96. The van der Waals surface area contributed by atoms with Crippen LogP contribution in [0.4, 0.5) is 4.39 Å². The molecule has 0 atom stereocenters.